The van der Waals surface area contributed by atoms with Crippen LogP contribution in [0, 0.1) is 11.8 Å². The van der Waals surface area contributed by atoms with Gasteiger partial charge in [0.2, 0.25) is 0 Å². The molecular formula is C8H8N2O2S. The second kappa shape index (κ2) is 4.60. The predicted octanol–water partition coefficient (Wildman–Crippen LogP) is 0.412. The van der Waals surface area contributed by atoms with Gasteiger partial charge in [0.15, 0.2) is 10.7 Å². The maximum atomic E-state index is 10.4. The number of carboxylic acid groups (broad SMARTS) is 1. The highest BCUT2D eigenvalue weighted by Gasteiger charge is 2.06. The van der Waals surface area contributed by atoms with Crippen molar-refractivity contribution in [3.63, 3.8) is 0 Å². The number of aromatic nitrogens is 1. The Labute approximate surface area is 79.6 Å². The first-order valence-electron chi connectivity index (χ1n) is 3.56. The maximum absolute atomic E-state index is 10.4. The molecule has 0 amide bonds. The van der Waals surface area contributed by atoms with E-state index in [2.05, 4.69) is 22.1 Å². The molecule has 1 rings (SSSR count). The number of nitrogens with zero attached hydrogens (tertiary/aromatic N) is 1. The Morgan fingerprint density at radius 2 is 2.62 bits per heavy atom. The van der Waals surface area contributed by atoms with Gasteiger partial charge in [0.25, 0.3) is 0 Å². The summed E-state index contributed by atoms with van der Waals surface area (Å²) >= 11 is 1.23. The van der Waals surface area contributed by atoms with Gasteiger partial charge in [-0.2, -0.15) is 0 Å². The smallest absolute Gasteiger partial charge is 0.355 e. The topological polar surface area (TPSA) is 62.2 Å². The van der Waals surface area contributed by atoms with E-state index in [1.54, 1.807) is 7.05 Å². The van der Waals surface area contributed by atoms with Crippen molar-refractivity contribution >= 4 is 17.3 Å². The maximum Gasteiger partial charge on any atom is 0.355 e. The zero-order valence-electron chi connectivity index (χ0n) is 7.00. The van der Waals surface area contributed by atoms with E-state index in [0.29, 0.717) is 11.6 Å². The van der Waals surface area contributed by atoms with Crippen molar-refractivity contribution in [1.82, 2.24) is 10.3 Å². The van der Waals surface area contributed by atoms with Gasteiger partial charge in [-0.1, -0.05) is 5.92 Å². The second-order valence-corrected chi connectivity index (χ2v) is 3.03. The summed E-state index contributed by atoms with van der Waals surface area (Å²) in [5.41, 5.74) is 0.0544. The normalized spacial score (nSPS) is 9.00. The van der Waals surface area contributed by atoms with Crippen LogP contribution in [-0.4, -0.2) is 29.7 Å². The Hall–Kier alpha value is -1.38. The van der Waals surface area contributed by atoms with Crippen LogP contribution in [0.15, 0.2) is 5.38 Å². The molecule has 0 aromatic carbocycles. The highest BCUT2D eigenvalue weighted by atomic mass is 32.1. The Bertz CT molecular complexity index is 362. The molecule has 0 aliphatic heterocycles. The minimum absolute atomic E-state index is 0.0544. The van der Waals surface area contributed by atoms with Crippen LogP contribution in [-0.2, 0) is 0 Å². The molecule has 1 aromatic heterocycles. The first kappa shape index (κ1) is 9.71. The van der Waals surface area contributed by atoms with Gasteiger partial charge in [-0.25, -0.2) is 9.78 Å². The number of aromatic carboxylic acids is 1. The molecule has 0 spiro atoms. The fraction of sp³-hybridized carbons (Fsp3) is 0.250. The van der Waals surface area contributed by atoms with Gasteiger partial charge < -0.3 is 10.4 Å². The summed E-state index contributed by atoms with van der Waals surface area (Å²) in [5.74, 6) is 4.53. The van der Waals surface area contributed by atoms with Crippen LogP contribution in [0.25, 0.3) is 0 Å². The van der Waals surface area contributed by atoms with Crippen LogP contribution in [0.2, 0.25) is 0 Å². The van der Waals surface area contributed by atoms with E-state index >= 15 is 0 Å². The molecule has 4 nitrogen and oxygen atoms in total. The Balaban J connectivity index is 2.71. The van der Waals surface area contributed by atoms with Gasteiger partial charge in [-0.15, -0.1) is 11.3 Å². The highest BCUT2D eigenvalue weighted by molar-refractivity contribution is 7.10. The molecule has 5 heteroatoms. The number of hydrogen-bond acceptors (Lipinski definition) is 4. The summed E-state index contributed by atoms with van der Waals surface area (Å²) in [5, 5.41) is 13.4. The number of rotatable bonds is 2. The summed E-state index contributed by atoms with van der Waals surface area (Å²) in [6.07, 6.45) is 0. The second-order valence-electron chi connectivity index (χ2n) is 2.18. The van der Waals surface area contributed by atoms with E-state index in [1.165, 1.54) is 16.7 Å². The lowest BCUT2D eigenvalue weighted by atomic mass is 10.5. The van der Waals surface area contributed by atoms with Crippen molar-refractivity contribution in [2.45, 2.75) is 0 Å². The molecule has 13 heavy (non-hydrogen) atoms. The monoisotopic (exact) mass is 196 g/mol. The summed E-state index contributed by atoms with van der Waals surface area (Å²) in [4.78, 5) is 14.2. The summed E-state index contributed by atoms with van der Waals surface area (Å²) in [6.45, 7) is 0.571. The summed E-state index contributed by atoms with van der Waals surface area (Å²) in [6, 6.07) is 0. The summed E-state index contributed by atoms with van der Waals surface area (Å²) in [7, 11) is 1.79. The first-order chi connectivity index (χ1) is 6.24. The first-order valence-corrected chi connectivity index (χ1v) is 4.44. The van der Waals surface area contributed by atoms with Gasteiger partial charge in [0.05, 0.1) is 6.54 Å². The molecule has 68 valence electrons. The number of hydrogen-bond donors (Lipinski definition) is 2. The van der Waals surface area contributed by atoms with Crippen LogP contribution >= 0.6 is 11.3 Å². The third-order valence-corrected chi connectivity index (χ3v) is 1.94. The van der Waals surface area contributed by atoms with Crippen molar-refractivity contribution in [3.05, 3.63) is 16.1 Å². The molecule has 0 fully saturated rings. The Morgan fingerprint density at radius 1 is 1.85 bits per heavy atom. The van der Waals surface area contributed by atoms with Gasteiger partial charge in [-0.05, 0) is 13.0 Å². The fourth-order valence-corrected chi connectivity index (χ4v) is 1.30. The van der Waals surface area contributed by atoms with Gasteiger partial charge >= 0.3 is 5.97 Å². The van der Waals surface area contributed by atoms with E-state index in [9.17, 15) is 4.79 Å². The van der Waals surface area contributed by atoms with Crippen LogP contribution in [0.5, 0.6) is 0 Å². The van der Waals surface area contributed by atoms with Crippen molar-refractivity contribution in [2.24, 2.45) is 0 Å². The molecule has 0 saturated heterocycles. The van der Waals surface area contributed by atoms with Crippen LogP contribution in [0.3, 0.4) is 0 Å². The molecule has 1 aromatic rings. The predicted molar refractivity (Wildman–Crippen MR) is 49.9 cm³/mol. The number of carboxylic acids is 1. The Morgan fingerprint density at radius 3 is 3.15 bits per heavy atom. The van der Waals surface area contributed by atoms with Gasteiger partial charge in [0, 0.05) is 5.38 Å². The lowest BCUT2D eigenvalue weighted by molar-refractivity contribution is 0.0691. The molecule has 0 atom stereocenters. The van der Waals surface area contributed by atoms with Gasteiger partial charge in [-0.3, -0.25) is 0 Å². The van der Waals surface area contributed by atoms with Crippen LogP contribution in [0.1, 0.15) is 15.5 Å². The molecule has 0 radical (unpaired) electrons. The Kier molecular flexibility index (Phi) is 3.43. The molecule has 0 unspecified atom stereocenters. The van der Waals surface area contributed by atoms with Crippen molar-refractivity contribution in [3.8, 4) is 11.8 Å². The number of nitrogens with one attached hydrogen (secondary N) is 1. The highest BCUT2D eigenvalue weighted by Crippen LogP contribution is 2.07. The van der Waals surface area contributed by atoms with Gasteiger partial charge in [0.1, 0.15) is 0 Å². The third kappa shape index (κ3) is 2.86. The largest absolute Gasteiger partial charge is 0.476 e. The van der Waals surface area contributed by atoms with E-state index in [1.807, 2.05) is 0 Å². The van der Waals surface area contributed by atoms with Crippen molar-refractivity contribution in [2.75, 3.05) is 13.6 Å². The zero-order valence-corrected chi connectivity index (χ0v) is 7.81. The molecule has 2 N–H and O–H groups in total. The minimum Gasteiger partial charge on any atom is -0.476 e. The molecular weight excluding hydrogens is 188 g/mol. The van der Waals surface area contributed by atoms with Crippen LogP contribution in [0.4, 0.5) is 0 Å². The number of carbonyl (C=O) groups is 1. The zero-order chi connectivity index (χ0) is 9.68. The van der Waals surface area contributed by atoms with Crippen molar-refractivity contribution < 1.29 is 9.90 Å². The standard InChI is InChI=1S/C8H8N2O2S/c1-9-4-2-3-7-10-6(5-13-7)8(11)12/h5,9H,4H2,1H3,(H,11,12). The molecule has 0 aliphatic carbocycles. The third-order valence-electron chi connectivity index (χ3n) is 1.18. The van der Waals surface area contributed by atoms with E-state index < -0.39 is 5.97 Å². The summed E-state index contributed by atoms with van der Waals surface area (Å²) < 4.78 is 0. The molecule has 1 heterocycles. The average molecular weight is 196 g/mol. The van der Waals surface area contributed by atoms with E-state index in [-0.39, 0.29) is 5.69 Å². The van der Waals surface area contributed by atoms with Crippen molar-refractivity contribution in [1.29, 1.82) is 0 Å². The lowest BCUT2D eigenvalue weighted by Gasteiger charge is -1.82. The minimum atomic E-state index is -1.02. The lowest BCUT2D eigenvalue weighted by Crippen LogP contribution is -2.04. The quantitative estimate of drug-likeness (QED) is 0.673. The van der Waals surface area contributed by atoms with Crippen LogP contribution < -0.4 is 5.32 Å². The molecule has 0 aliphatic rings. The molecule has 0 saturated carbocycles. The van der Waals surface area contributed by atoms with E-state index in [0.717, 1.165) is 0 Å². The molecule has 0 bridgehead atoms. The fourth-order valence-electron chi connectivity index (χ4n) is 0.638. The number of thiazole rings is 1. The van der Waals surface area contributed by atoms with E-state index in [4.69, 9.17) is 5.11 Å². The SMILES string of the molecule is CNCC#Cc1nc(C(=O)O)cs1. The average Bonchev–Trinajstić information content (AvgIpc) is 2.53.